The van der Waals surface area contributed by atoms with Crippen LogP contribution in [0.15, 0.2) is 18.3 Å². The molecule has 3 N–H and O–H groups in total. The molecule has 9 heteroatoms. The fourth-order valence-corrected chi connectivity index (χ4v) is 4.71. The molecule has 2 saturated heterocycles. The van der Waals surface area contributed by atoms with Crippen molar-refractivity contribution in [2.45, 2.75) is 52.5 Å². The average molecular weight is 446 g/mol. The van der Waals surface area contributed by atoms with Crippen LogP contribution in [-0.4, -0.2) is 72.0 Å². The summed E-state index contributed by atoms with van der Waals surface area (Å²) in [7, 11) is 1.57. The number of ether oxygens (including phenoxy) is 1. The van der Waals surface area contributed by atoms with Gasteiger partial charge in [-0.25, -0.2) is 4.79 Å². The Morgan fingerprint density at radius 1 is 1.28 bits per heavy atom. The van der Waals surface area contributed by atoms with E-state index < -0.39 is 12.1 Å². The van der Waals surface area contributed by atoms with Gasteiger partial charge in [0.05, 0.1) is 19.7 Å². The fraction of sp³-hybridized carbons (Fsp3) is 0.652. The maximum atomic E-state index is 13.2. The number of urea groups is 1. The van der Waals surface area contributed by atoms with Crippen LogP contribution in [0.4, 0.5) is 4.79 Å². The molecule has 1 unspecified atom stereocenters. The number of nitrogens with zero attached hydrogens (tertiary/aromatic N) is 3. The molecular weight excluding hydrogens is 410 g/mol. The van der Waals surface area contributed by atoms with Gasteiger partial charge in [-0.05, 0) is 36.8 Å². The van der Waals surface area contributed by atoms with Gasteiger partial charge >= 0.3 is 6.03 Å². The van der Waals surface area contributed by atoms with Crippen LogP contribution >= 0.6 is 0 Å². The standard InChI is InChI=1S/C23H35N5O4/c1-22(2,3)23(14-26-19(29)12-16-7-8-17(32-4)13-25-16)9-11-27(15-23)20(30)18-6-5-10-28(18)21(24)31/h7-8,13,18H,5-6,9-12,14-15H2,1-4H3,(H2,24,31)(H,26,29)/t18-,23?/m0/s1. The van der Waals surface area contributed by atoms with Crippen LogP contribution in [0.5, 0.6) is 5.75 Å². The van der Waals surface area contributed by atoms with Gasteiger partial charge in [0.1, 0.15) is 11.8 Å². The molecule has 3 heterocycles. The number of methoxy groups -OCH3 is 1. The van der Waals surface area contributed by atoms with Crippen molar-refractivity contribution in [1.29, 1.82) is 0 Å². The molecular formula is C23H35N5O4. The molecule has 0 saturated carbocycles. The number of primary amides is 1. The van der Waals surface area contributed by atoms with E-state index in [1.165, 1.54) is 4.90 Å². The first kappa shape index (κ1) is 23.8. The molecule has 2 fully saturated rings. The number of carbonyl (C=O) groups is 3. The smallest absolute Gasteiger partial charge is 0.315 e. The molecule has 1 aromatic heterocycles. The highest BCUT2D eigenvalue weighted by molar-refractivity contribution is 5.87. The number of likely N-dealkylation sites (tertiary alicyclic amines) is 2. The molecule has 2 aliphatic rings. The topological polar surface area (TPSA) is 118 Å². The molecule has 0 radical (unpaired) electrons. The number of nitrogens with two attached hydrogens (primary N) is 1. The lowest BCUT2D eigenvalue weighted by Crippen LogP contribution is -2.51. The van der Waals surface area contributed by atoms with E-state index in [-0.39, 0.29) is 29.1 Å². The quantitative estimate of drug-likeness (QED) is 0.689. The van der Waals surface area contributed by atoms with Crippen LogP contribution in [0.3, 0.4) is 0 Å². The summed E-state index contributed by atoms with van der Waals surface area (Å²) in [5.41, 5.74) is 5.74. The highest BCUT2D eigenvalue weighted by atomic mass is 16.5. The highest BCUT2D eigenvalue weighted by Crippen LogP contribution is 2.46. The maximum absolute atomic E-state index is 13.2. The van der Waals surface area contributed by atoms with Gasteiger partial charge in [-0.15, -0.1) is 0 Å². The number of hydrogen-bond acceptors (Lipinski definition) is 5. The molecule has 0 aliphatic carbocycles. The van der Waals surface area contributed by atoms with Gasteiger partial charge in [0.2, 0.25) is 11.8 Å². The van der Waals surface area contributed by atoms with Crippen molar-refractivity contribution in [2.75, 3.05) is 33.3 Å². The number of carbonyl (C=O) groups excluding carboxylic acids is 3. The Labute approximate surface area is 189 Å². The van der Waals surface area contributed by atoms with Crippen LogP contribution in [0.25, 0.3) is 0 Å². The number of pyridine rings is 1. The first-order valence-corrected chi connectivity index (χ1v) is 11.2. The van der Waals surface area contributed by atoms with Crippen LogP contribution in [0.2, 0.25) is 0 Å². The molecule has 0 spiro atoms. The monoisotopic (exact) mass is 445 g/mol. The van der Waals surface area contributed by atoms with E-state index in [2.05, 4.69) is 31.1 Å². The van der Waals surface area contributed by atoms with E-state index in [4.69, 9.17) is 10.5 Å². The third kappa shape index (κ3) is 4.97. The number of hydrogen-bond donors (Lipinski definition) is 2. The molecule has 2 atom stereocenters. The molecule has 3 rings (SSSR count). The predicted octanol–water partition coefficient (Wildman–Crippen LogP) is 1.56. The molecule has 32 heavy (non-hydrogen) atoms. The first-order valence-electron chi connectivity index (χ1n) is 11.2. The summed E-state index contributed by atoms with van der Waals surface area (Å²) in [6.07, 6.45) is 3.99. The van der Waals surface area contributed by atoms with Crippen molar-refractivity contribution < 1.29 is 19.1 Å². The summed E-state index contributed by atoms with van der Waals surface area (Å²) in [5, 5.41) is 3.07. The molecule has 176 valence electrons. The van der Waals surface area contributed by atoms with Crippen molar-refractivity contribution >= 4 is 17.8 Å². The minimum atomic E-state index is -0.540. The van der Waals surface area contributed by atoms with Crippen molar-refractivity contribution in [3.63, 3.8) is 0 Å². The Hall–Kier alpha value is -2.84. The summed E-state index contributed by atoms with van der Waals surface area (Å²) in [4.78, 5) is 45.1. The number of aromatic nitrogens is 1. The van der Waals surface area contributed by atoms with Gasteiger partial charge in [0, 0.05) is 37.3 Å². The number of nitrogens with one attached hydrogen (secondary N) is 1. The second kappa shape index (κ2) is 9.34. The Kier molecular flexibility index (Phi) is 6.95. The van der Waals surface area contributed by atoms with Gasteiger partial charge < -0.3 is 25.6 Å². The lowest BCUT2D eigenvalue weighted by molar-refractivity contribution is -0.134. The summed E-state index contributed by atoms with van der Waals surface area (Å²) >= 11 is 0. The van der Waals surface area contributed by atoms with Gasteiger partial charge in [0.25, 0.3) is 0 Å². The lowest BCUT2D eigenvalue weighted by atomic mass is 9.66. The molecule has 0 aromatic carbocycles. The van der Waals surface area contributed by atoms with Gasteiger partial charge in [0.15, 0.2) is 0 Å². The van der Waals surface area contributed by atoms with Crippen molar-refractivity contribution in [3.05, 3.63) is 24.0 Å². The van der Waals surface area contributed by atoms with E-state index in [0.29, 0.717) is 44.0 Å². The first-order chi connectivity index (χ1) is 15.1. The van der Waals surface area contributed by atoms with E-state index in [0.717, 1.165) is 12.8 Å². The van der Waals surface area contributed by atoms with Crippen LogP contribution < -0.4 is 15.8 Å². The zero-order valence-electron chi connectivity index (χ0n) is 19.5. The van der Waals surface area contributed by atoms with E-state index in [1.807, 2.05) is 4.90 Å². The Morgan fingerprint density at radius 3 is 2.62 bits per heavy atom. The Balaban J connectivity index is 1.64. The molecule has 2 aliphatic heterocycles. The zero-order chi connectivity index (χ0) is 23.5. The molecule has 0 bridgehead atoms. The number of rotatable bonds is 6. The second-order valence-corrected chi connectivity index (χ2v) is 9.87. The summed E-state index contributed by atoms with van der Waals surface area (Å²) in [6.45, 7) is 8.57. The van der Waals surface area contributed by atoms with Crippen molar-refractivity contribution in [3.8, 4) is 5.75 Å². The second-order valence-electron chi connectivity index (χ2n) is 9.87. The van der Waals surface area contributed by atoms with Gasteiger partial charge in [-0.2, -0.15) is 0 Å². The lowest BCUT2D eigenvalue weighted by Gasteiger charge is -2.42. The third-order valence-corrected chi connectivity index (χ3v) is 7.08. The summed E-state index contributed by atoms with van der Waals surface area (Å²) in [5.74, 6) is 0.502. The summed E-state index contributed by atoms with van der Waals surface area (Å²) < 4.78 is 5.10. The van der Waals surface area contributed by atoms with E-state index in [1.54, 1.807) is 25.4 Å². The van der Waals surface area contributed by atoms with Crippen LogP contribution in [0, 0.1) is 10.8 Å². The Bertz CT molecular complexity index is 851. The predicted molar refractivity (Wildman–Crippen MR) is 120 cm³/mol. The average Bonchev–Trinajstić information content (AvgIpc) is 3.40. The maximum Gasteiger partial charge on any atom is 0.315 e. The van der Waals surface area contributed by atoms with Crippen molar-refractivity contribution in [2.24, 2.45) is 16.6 Å². The Morgan fingerprint density at radius 2 is 2.03 bits per heavy atom. The molecule has 9 nitrogen and oxygen atoms in total. The van der Waals surface area contributed by atoms with Crippen LogP contribution in [-0.2, 0) is 16.0 Å². The SMILES string of the molecule is COc1ccc(CC(=O)NCC2(C(C)(C)C)CCN(C(=O)[C@@H]3CCCN3C(N)=O)C2)nc1. The normalized spacial score (nSPS) is 23.3. The number of amides is 4. The highest BCUT2D eigenvalue weighted by Gasteiger charge is 2.49. The van der Waals surface area contributed by atoms with Crippen LogP contribution in [0.1, 0.15) is 45.7 Å². The largest absolute Gasteiger partial charge is 0.495 e. The minimum Gasteiger partial charge on any atom is -0.495 e. The molecule has 4 amide bonds. The third-order valence-electron chi connectivity index (χ3n) is 7.08. The van der Waals surface area contributed by atoms with E-state index in [9.17, 15) is 14.4 Å². The van der Waals surface area contributed by atoms with E-state index >= 15 is 0 Å². The van der Waals surface area contributed by atoms with Crippen molar-refractivity contribution in [1.82, 2.24) is 20.1 Å². The minimum absolute atomic E-state index is 0.0406. The zero-order valence-corrected chi connectivity index (χ0v) is 19.5. The van der Waals surface area contributed by atoms with Gasteiger partial charge in [-0.1, -0.05) is 20.8 Å². The molecule has 1 aromatic rings. The fourth-order valence-electron chi connectivity index (χ4n) is 4.71. The van der Waals surface area contributed by atoms with Gasteiger partial charge in [-0.3, -0.25) is 14.6 Å². The summed E-state index contributed by atoms with van der Waals surface area (Å²) in [6, 6.07) is 2.55.